The minimum Gasteiger partial charge on any atom is -0.394 e. The fraction of sp³-hybridized carbons (Fsp3) is 0.444. The number of aromatic nitrogens is 1. The van der Waals surface area contributed by atoms with Crippen molar-refractivity contribution in [2.75, 3.05) is 6.61 Å². The van der Waals surface area contributed by atoms with E-state index < -0.39 is 6.04 Å². The predicted molar refractivity (Wildman–Crippen MR) is 91.5 cm³/mol. The van der Waals surface area contributed by atoms with Gasteiger partial charge in [-0.15, -0.1) is 0 Å². The van der Waals surface area contributed by atoms with Gasteiger partial charge in [-0.05, 0) is 18.4 Å². The summed E-state index contributed by atoms with van der Waals surface area (Å²) >= 11 is 0. The van der Waals surface area contributed by atoms with Crippen LogP contribution >= 0.6 is 0 Å². The number of aliphatic hydroxyl groups is 1. The number of aliphatic hydroxyl groups excluding tert-OH is 1. The number of urea groups is 1. The fourth-order valence-corrected chi connectivity index (χ4v) is 2.61. The van der Waals surface area contributed by atoms with Crippen molar-refractivity contribution >= 4 is 6.03 Å². The van der Waals surface area contributed by atoms with Gasteiger partial charge in [-0.25, -0.2) is 4.79 Å². The third-order valence-corrected chi connectivity index (χ3v) is 4.09. The van der Waals surface area contributed by atoms with E-state index in [9.17, 15) is 9.90 Å². The maximum atomic E-state index is 12.0. The Labute approximate surface area is 142 Å². The molecule has 0 fully saturated rings. The molecular formula is C18H25N3O3. The van der Waals surface area contributed by atoms with E-state index in [0.717, 1.165) is 24.1 Å². The molecule has 1 aromatic heterocycles. The van der Waals surface area contributed by atoms with Gasteiger partial charge >= 0.3 is 6.03 Å². The highest BCUT2D eigenvalue weighted by molar-refractivity contribution is 5.74. The summed E-state index contributed by atoms with van der Waals surface area (Å²) in [7, 11) is 0. The van der Waals surface area contributed by atoms with Gasteiger partial charge in [0.2, 0.25) is 0 Å². The van der Waals surface area contributed by atoms with Crippen LogP contribution in [0.25, 0.3) is 0 Å². The van der Waals surface area contributed by atoms with Crippen molar-refractivity contribution in [1.82, 2.24) is 15.8 Å². The summed E-state index contributed by atoms with van der Waals surface area (Å²) in [5, 5.41) is 19.0. The van der Waals surface area contributed by atoms with Crippen molar-refractivity contribution in [2.24, 2.45) is 0 Å². The van der Waals surface area contributed by atoms with Gasteiger partial charge in [-0.3, -0.25) is 0 Å². The molecule has 0 aliphatic rings. The molecule has 0 saturated heterocycles. The molecule has 0 aliphatic carbocycles. The van der Waals surface area contributed by atoms with E-state index in [2.05, 4.69) is 29.6 Å². The van der Waals surface area contributed by atoms with Crippen molar-refractivity contribution in [1.29, 1.82) is 0 Å². The number of carbonyl (C=O) groups excluding carboxylic acids is 1. The van der Waals surface area contributed by atoms with Crippen molar-refractivity contribution in [2.45, 2.75) is 45.2 Å². The minimum absolute atomic E-state index is 0.168. The lowest BCUT2D eigenvalue weighted by Gasteiger charge is -2.16. The maximum Gasteiger partial charge on any atom is 0.315 e. The average molecular weight is 331 g/mol. The first-order chi connectivity index (χ1) is 11.7. The zero-order chi connectivity index (χ0) is 17.4. The Morgan fingerprint density at radius 1 is 1.25 bits per heavy atom. The Morgan fingerprint density at radius 3 is 2.58 bits per heavy atom. The molecule has 0 saturated carbocycles. The van der Waals surface area contributed by atoms with E-state index >= 15 is 0 Å². The summed E-state index contributed by atoms with van der Waals surface area (Å²) in [5.41, 5.74) is 1.78. The lowest BCUT2D eigenvalue weighted by Crippen LogP contribution is -2.38. The van der Waals surface area contributed by atoms with Gasteiger partial charge in [0.1, 0.15) is 0 Å². The van der Waals surface area contributed by atoms with Gasteiger partial charge in [-0.1, -0.05) is 49.3 Å². The molecule has 0 bridgehead atoms. The van der Waals surface area contributed by atoms with E-state index in [4.69, 9.17) is 4.52 Å². The molecule has 1 aromatic carbocycles. The molecule has 130 valence electrons. The summed E-state index contributed by atoms with van der Waals surface area (Å²) in [5.74, 6) is 1.00. The topological polar surface area (TPSA) is 87.4 Å². The van der Waals surface area contributed by atoms with Gasteiger partial charge in [-0.2, -0.15) is 0 Å². The molecule has 0 aliphatic heterocycles. The number of benzene rings is 1. The summed E-state index contributed by atoms with van der Waals surface area (Å²) < 4.78 is 5.27. The molecular weight excluding hydrogens is 306 g/mol. The van der Waals surface area contributed by atoms with Crippen LogP contribution in [0.1, 0.15) is 55.7 Å². The molecule has 6 heteroatoms. The van der Waals surface area contributed by atoms with E-state index in [1.54, 1.807) is 0 Å². The van der Waals surface area contributed by atoms with E-state index in [1.807, 2.05) is 36.4 Å². The second kappa shape index (κ2) is 9.08. The Hall–Kier alpha value is -2.34. The Kier molecular flexibility index (Phi) is 6.81. The van der Waals surface area contributed by atoms with Crippen LogP contribution in [0.3, 0.4) is 0 Å². The summed E-state index contributed by atoms with van der Waals surface area (Å²) in [4.78, 5) is 12.0. The molecule has 2 aromatic rings. The predicted octanol–water partition coefficient (Wildman–Crippen LogP) is 3.11. The highest BCUT2D eigenvalue weighted by Crippen LogP contribution is 2.22. The average Bonchev–Trinajstić information content (AvgIpc) is 3.08. The quantitative estimate of drug-likeness (QED) is 0.693. The normalized spacial score (nSPS) is 12.2. The number of amides is 2. The highest BCUT2D eigenvalue weighted by atomic mass is 16.5. The lowest BCUT2D eigenvalue weighted by molar-refractivity contribution is 0.215. The molecule has 2 amide bonds. The molecule has 1 unspecified atom stereocenters. The first kappa shape index (κ1) is 18.0. The van der Waals surface area contributed by atoms with Crippen LogP contribution in [0.4, 0.5) is 4.79 Å². The molecule has 3 N–H and O–H groups in total. The second-order valence-electron chi connectivity index (χ2n) is 5.70. The van der Waals surface area contributed by atoms with Gasteiger partial charge < -0.3 is 20.3 Å². The first-order valence-electron chi connectivity index (χ1n) is 8.33. The molecule has 6 nitrogen and oxygen atoms in total. The Balaban J connectivity index is 1.86. The SMILES string of the molecule is CCC(CC)c1cc(CNC(=O)NC(CO)c2ccccc2)on1. The molecule has 0 spiro atoms. The van der Waals surface area contributed by atoms with Crippen molar-refractivity contribution in [3.8, 4) is 0 Å². The number of rotatable bonds is 8. The molecule has 0 radical (unpaired) electrons. The van der Waals surface area contributed by atoms with Crippen LogP contribution in [0, 0.1) is 0 Å². The smallest absolute Gasteiger partial charge is 0.315 e. The molecule has 1 heterocycles. The fourth-order valence-electron chi connectivity index (χ4n) is 2.61. The van der Waals surface area contributed by atoms with E-state index in [1.165, 1.54) is 0 Å². The minimum atomic E-state index is -0.443. The Bertz CT molecular complexity index is 623. The monoisotopic (exact) mass is 331 g/mol. The number of nitrogens with zero attached hydrogens (tertiary/aromatic N) is 1. The summed E-state index contributed by atoms with van der Waals surface area (Å²) in [6.45, 7) is 4.32. The maximum absolute atomic E-state index is 12.0. The number of hydrogen-bond acceptors (Lipinski definition) is 4. The van der Waals surface area contributed by atoms with Crippen molar-refractivity contribution in [3.63, 3.8) is 0 Å². The first-order valence-corrected chi connectivity index (χ1v) is 8.33. The largest absolute Gasteiger partial charge is 0.394 e. The number of hydrogen-bond donors (Lipinski definition) is 3. The summed E-state index contributed by atoms with van der Waals surface area (Å²) in [6.07, 6.45) is 2.01. The highest BCUT2D eigenvalue weighted by Gasteiger charge is 2.15. The Morgan fingerprint density at radius 2 is 1.96 bits per heavy atom. The van der Waals surface area contributed by atoms with Crippen LogP contribution in [0.5, 0.6) is 0 Å². The zero-order valence-electron chi connectivity index (χ0n) is 14.2. The molecule has 1 atom stereocenters. The number of nitrogens with one attached hydrogen (secondary N) is 2. The second-order valence-corrected chi connectivity index (χ2v) is 5.70. The molecule has 24 heavy (non-hydrogen) atoms. The standard InChI is InChI=1S/C18H25N3O3/c1-3-13(4-2)16-10-15(24-21-16)11-19-18(23)20-17(12-22)14-8-6-5-7-9-14/h5-10,13,17,22H,3-4,11-12H2,1-2H3,(H2,19,20,23). The van der Waals surface area contributed by atoms with E-state index in [-0.39, 0.29) is 19.2 Å². The van der Waals surface area contributed by atoms with Crippen LogP contribution in [-0.4, -0.2) is 22.9 Å². The third-order valence-electron chi connectivity index (χ3n) is 4.09. The van der Waals surface area contributed by atoms with Gasteiger partial charge in [0.25, 0.3) is 0 Å². The van der Waals surface area contributed by atoms with Crippen LogP contribution < -0.4 is 10.6 Å². The van der Waals surface area contributed by atoms with Crippen LogP contribution in [0.15, 0.2) is 40.9 Å². The molecule has 2 rings (SSSR count). The zero-order valence-corrected chi connectivity index (χ0v) is 14.2. The van der Waals surface area contributed by atoms with E-state index in [0.29, 0.717) is 11.7 Å². The summed E-state index contributed by atoms with van der Waals surface area (Å²) in [6, 6.07) is 10.4. The lowest BCUT2D eigenvalue weighted by atomic mass is 9.99. The van der Waals surface area contributed by atoms with Gasteiger partial charge in [0.05, 0.1) is 24.9 Å². The van der Waals surface area contributed by atoms with Crippen LogP contribution in [0.2, 0.25) is 0 Å². The van der Waals surface area contributed by atoms with Crippen LogP contribution in [-0.2, 0) is 6.54 Å². The number of carbonyl (C=O) groups is 1. The van der Waals surface area contributed by atoms with Crippen molar-refractivity contribution in [3.05, 3.63) is 53.4 Å². The van der Waals surface area contributed by atoms with Gasteiger partial charge in [0.15, 0.2) is 5.76 Å². The van der Waals surface area contributed by atoms with Crippen molar-refractivity contribution < 1.29 is 14.4 Å². The van der Waals surface area contributed by atoms with Gasteiger partial charge in [0, 0.05) is 12.0 Å². The third kappa shape index (κ3) is 4.83.